The van der Waals surface area contributed by atoms with Gasteiger partial charge in [-0.1, -0.05) is 25.9 Å². The third-order valence-corrected chi connectivity index (χ3v) is 7.35. The van der Waals surface area contributed by atoms with Gasteiger partial charge in [-0.3, -0.25) is 4.90 Å². The quantitative estimate of drug-likeness (QED) is 0.324. The molecule has 2 aromatic rings. The van der Waals surface area contributed by atoms with Gasteiger partial charge in [0.15, 0.2) is 11.6 Å². The average molecular weight is 627 g/mol. The fourth-order valence-corrected chi connectivity index (χ4v) is 5.28. The number of fused-ring (bicyclic) bond motifs is 1. The zero-order chi connectivity index (χ0) is 46.0. The molecule has 2 heterocycles. The van der Waals surface area contributed by atoms with E-state index < -0.39 is 167 Å². The van der Waals surface area contributed by atoms with Crippen LogP contribution >= 0.6 is 0 Å². The number of benzene rings is 2. The van der Waals surface area contributed by atoms with Gasteiger partial charge in [0.25, 0.3) is 0 Å². The molecular formula is C29H37FN2O9S. The Hall–Kier alpha value is -3.39. The molecule has 11 nitrogen and oxygen atoms in total. The standard InChI is InChI=1S/C29H37FN2O9S/c1-18(2)15-31(42(36,37)21-9-10-27(39-4)23(30)14-21)16-26(33)24(13-19-5-7-20(38-3)8-6-19)32(29(34)35)25-17-41-28-22(25)11-12-40-28/h5-12,14,18,22,24-26,28,33H,13,15-17H2,1-4H3,(H,34,35)/t22-,24-,25?,26+,28-/m0/s1/i3D3,4D,5D,6D,7D,8D,9D,10D,13D2,14D,16D2,24D,26D,33D. The molecule has 1 fully saturated rings. The maximum Gasteiger partial charge on any atom is 0.408 e. The van der Waals surface area contributed by atoms with E-state index in [1.165, 1.54) is 13.8 Å². The number of halogens is 1. The van der Waals surface area contributed by atoms with Crippen molar-refractivity contribution < 1.29 is 70.1 Å². The van der Waals surface area contributed by atoms with E-state index in [4.69, 9.17) is 26.0 Å². The zero-order valence-electron chi connectivity index (χ0n) is 40.0. The van der Waals surface area contributed by atoms with Crippen molar-refractivity contribution in [3.05, 3.63) is 66.0 Å². The molecule has 0 spiro atoms. The average Bonchev–Trinajstić information content (AvgIpc) is 3.76. The van der Waals surface area contributed by atoms with Gasteiger partial charge in [0.2, 0.25) is 17.7 Å². The summed E-state index contributed by atoms with van der Waals surface area (Å²) in [5, 5.41) is 15.4. The van der Waals surface area contributed by atoms with Crippen molar-refractivity contribution in [1.82, 2.24) is 9.21 Å². The number of hydrogen-bond donors (Lipinski definition) is 2. The molecule has 1 saturated heterocycles. The monoisotopic (exact) mass is 626 g/mol. The largest absolute Gasteiger partial charge is 0.497 e. The molecule has 42 heavy (non-hydrogen) atoms. The molecule has 230 valence electrons. The number of aliphatic hydroxyl groups is 1. The van der Waals surface area contributed by atoms with Crippen molar-refractivity contribution in [2.45, 2.75) is 49.5 Å². The van der Waals surface area contributed by atoms with Crippen LogP contribution in [-0.2, 0) is 25.9 Å². The Balaban J connectivity index is 2.20. The molecule has 0 bridgehead atoms. The highest BCUT2D eigenvalue weighted by molar-refractivity contribution is 7.89. The molecule has 0 saturated carbocycles. The van der Waals surface area contributed by atoms with Gasteiger partial charge in [-0.15, -0.1) is 0 Å². The van der Waals surface area contributed by atoms with Crippen molar-refractivity contribution >= 4 is 16.1 Å². The summed E-state index contributed by atoms with van der Waals surface area (Å²) in [6.07, 6.45) is -10.7. The zero-order valence-corrected chi connectivity index (χ0v) is 22.8. The molecule has 0 radical (unpaired) electrons. The van der Waals surface area contributed by atoms with Gasteiger partial charge in [0, 0.05) is 18.5 Å². The van der Waals surface area contributed by atoms with Crippen molar-refractivity contribution in [3.8, 4) is 11.5 Å². The van der Waals surface area contributed by atoms with Crippen LogP contribution in [0.3, 0.4) is 0 Å². The smallest absolute Gasteiger partial charge is 0.408 e. The van der Waals surface area contributed by atoms with E-state index in [9.17, 15) is 26.5 Å². The van der Waals surface area contributed by atoms with Crippen LogP contribution in [0.1, 0.15) is 42.7 Å². The Labute approximate surface area is 270 Å². The third kappa shape index (κ3) is 6.80. The van der Waals surface area contributed by atoms with Gasteiger partial charge in [0.05, 0.1) is 73.8 Å². The maximum absolute atomic E-state index is 15.5. The van der Waals surface area contributed by atoms with E-state index in [1.807, 2.05) is 0 Å². The van der Waals surface area contributed by atoms with E-state index in [2.05, 4.69) is 14.6 Å². The SMILES string of the molecule is [2H]COc1c([2H])c([2H])c(S(=O)(=O)N(CC(C)C)C([2H])([2H])[C@@]([2H])(O[2H])[C@@]([2H])(N(C(=O)O)C2CO[C@@H]3OC=C[C@@H]23)C([2H])([2H])c2c([2H])c([2H])c(OC([2H])([2H])[2H])c([2H])c2[2H])c([2H])c1F. The topological polar surface area (TPSA) is 135 Å². The molecule has 2 aromatic carbocycles. The van der Waals surface area contributed by atoms with Crippen LogP contribution in [-0.4, -0.2) is 93.6 Å². The molecular weight excluding hydrogens is 571 g/mol. The number of ether oxygens (including phenoxy) is 4. The van der Waals surface area contributed by atoms with E-state index in [0.717, 1.165) is 12.3 Å². The van der Waals surface area contributed by atoms with E-state index in [0.29, 0.717) is 0 Å². The molecule has 2 N–H and O–H groups in total. The van der Waals surface area contributed by atoms with Gasteiger partial charge in [-0.2, -0.15) is 4.31 Å². The molecule has 0 aromatic heterocycles. The molecule has 4 rings (SSSR count). The molecule has 1 unspecified atom stereocenters. The van der Waals surface area contributed by atoms with E-state index >= 15 is 4.39 Å². The van der Waals surface area contributed by atoms with Crippen LogP contribution in [0.15, 0.2) is 59.5 Å². The summed E-state index contributed by atoms with van der Waals surface area (Å²) in [6, 6.07) is -17.1. The normalized spacial score (nSPS) is 29.8. The summed E-state index contributed by atoms with van der Waals surface area (Å²) in [5.74, 6) is -6.84. The lowest BCUT2D eigenvalue weighted by Crippen LogP contribution is -2.57. The van der Waals surface area contributed by atoms with Crippen LogP contribution in [0, 0.1) is 17.7 Å². The number of hydrogen-bond acceptors (Lipinski definition) is 8. The Bertz CT molecular complexity index is 2110. The Kier molecular flexibility index (Phi) is 4.86. The first kappa shape index (κ1) is 15.4. The van der Waals surface area contributed by atoms with Gasteiger partial charge in [-0.25, -0.2) is 17.6 Å². The summed E-state index contributed by atoms with van der Waals surface area (Å²) in [4.78, 5) is 11.4. The highest BCUT2D eigenvalue weighted by Crippen LogP contribution is 2.35. The Morgan fingerprint density at radius 1 is 1.31 bits per heavy atom. The highest BCUT2D eigenvalue weighted by Gasteiger charge is 2.48. The Morgan fingerprint density at radius 3 is 2.76 bits per heavy atom. The molecule has 2 aliphatic heterocycles. The number of methoxy groups -OCH3 is 2. The summed E-state index contributed by atoms with van der Waals surface area (Å²) in [5.41, 5.74) is -1.67. The summed E-state index contributed by atoms with van der Waals surface area (Å²) >= 11 is 0. The lowest BCUT2D eigenvalue weighted by atomic mass is 9.94. The van der Waals surface area contributed by atoms with Crippen LogP contribution < -0.4 is 9.47 Å². The molecule has 0 aliphatic carbocycles. The second kappa shape index (κ2) is 13.3. The first-order chi connectivity index (χ1) is 27.3. The highest BCUT2D eigenvalue weighted by atomic mass is 32.2. The number of sulfonamides is 1. The minimum absolute atomic E-state index is 0.310. The summed E-state index contributed by atoms with van der Waals surface area (Å²) in [7, 11) is -10.6. The lowest BCUT2D eigenvalue weighted by Gasteiger charge is -2.39. The maximum atomic E-state index is 15.5. The van der Waals surface area contributed by atoms with Gasteiger partial charge >= 0.3 is 6.09 Å². The first-order valence-electron chi connectivity index (χ1n) is 21.1. The number of nitrogens with zero attached hydrogens (tertiary/aromatic N) is 2. The fraction of sp³-hybridized carbons (Fsp3) is 0.483. The van der Waals surface area contributed by atoms with E-state index in [1.54, 1.807) is 0 Å². The number of carbonyl (C=O) groups is 1. The predicted molar refractivity (Wildman–Crippen MR) is 150 cm³/mol. The number of carboxylic acid groups (broad SMARTS) is 1. The van der Waals surface area contributed by atoms with Crippen LogP contribution in [0.25, 0.3) is 0 Å². The number of rotatable bonds is 14. The molecule has 1 amide bonds. The molecule has 5 atom stereocenters. The molecule has 2 aliphatic rings. The number of amides is 1. The van der Waals surface area contributed by atoms with Gasteiger partial charge in [0.1, 0.15) is 5.75 Å². The second-order valence-corrected chi connectivity index (χ2v) is 10.9. The first-order valence-corrected chi connectivity index (χ1v) is 13.4. The van der Waals surface area contributed by atoms with Crippen LogP contribution in [0.4, 0.5) is 9.18 Å². The third-order valence-electron chi connectivity index (χ3n) is 5.81. The van der Waals surface area contributed by atoms with Crippen LogP contribution in [0.2, 0.25) is 0 Å². The van der Waals surface area contributed by atoms with Crippen molar-refractivity contribution in [2.24, 2.45) is 11.8 Å². The second-order valence-electron chi connectivity index (χ2n) is 9.11. The summed E-state index contributed by atoms with van der Waals surface area (Å²) < 4.78 is 217. The van der Waals surface area contributed by atoms with Gasteiger partial charge in [-0.05, 0) is 54.1 Å². The minimum Gasteiger partial charge on any atom is -0.497 e. The van der Waals surface area contributed by atoms with E-state index in [-0.39, 0.29) is 4.90 Å². The molecule has 13 heteroatoms. The van der Waals surface area contributed by atoms with Crippen molar-refractivity contribution in [3.63, 3.8) is 0 Å². The predicted octanol–water partition coefficient (Wildman–Crippen LogP) is 3.33. The van der Waals surface area contributed by atoms with Crippen molar-refractivity contribution in [1.29, 1.82) is 1.43 Å². The Morgan fingerprint density at radius 2 is 2.10 bits per heavy atom. The lowest BCUT2D eigenvalue weighted by molar-refractivity contribution is -0.0690. The fourth-order valence-electron chi connectivity index (χ4n) is 3.97. The minimum atomic E-state index is -6.08. The van der Waals surface area contributed by atoms with Gasteiger partial charge < -0.3 is 29.2 Å². The van der Waals surface area contributed by atoms with Crippen LogP contribution in [0.5, 0.6) is 11.5 Å². The van der Waals surface area contributed by atoms with Crippen molar-refractivity contribution in [2.75, 3.05) is 33.8 Å². The summed E-state index contributed by atoms with van der Waals surface area (Å²) in [6.45, 7) is -4.12.